The minimum Gasteiger partial charge on any atom is -0.466 e. The molecule has 10 nitrogen and oxygen atoms in total. The van der Waals surface area contributed by atoms with E-state index in [0.29, 0.717) is 32.0 Å². The highest BCUT2D eigenvalue weighted by Gasteiger charge is 2.19. The number of unbranched alkanes of at least 4 members (excludes halogenated alkanes) is 24. The van der Waals surface area contributed by atoms with Crippen LogP contribution in [0.2, 0.25) is 0 Å². The molecule has 0 aliphatic rings. The van der Waals surface area contributed by atoms with Crippen molar-refractivity contribution in [3.05, 3.63) is 22.1 Å². The fourth-order valence-corrected chi connectivity index (χ4v) is 7.60. The van der Waals surface area contributed by atoms with Gasteiger partial charge >= 0.3 is 11.9 Å². The van der Waals surface area contributed by atoms with E-state index >= 15 is 0 Å². The van der Waals surface area contributed by atoms with Gasteiger partial charge in [-0.25, -0.2) is 0 Å². The molecular weight excluding hydrogens is 729 g/mol. The monoisotopic (exact) mass is 823 g/mol. The number of nitrogens with one attached hydrogen (secondary N) is 2. The standard InChI is InChI=1S/C48H94N4O6/c1-5-8-11-14-17-25-32-42-57-47(53)37-29-22-18-23-30-39-51(41-34-38-50-46(49-4)44-52(55)56)40-31-24-19-26-33-43-58-48(54)45(35-27-20-15-12-9-6-2)36-28-21-16-13-10-7-3/h44-45,49-50H,5-43H2,1-4H3/b46-44+. The summed E-state index contributed by atoms with van der Waals surface area (Å²) >= 11 is 0. The van der Waals surface area contributed by atoms with Gasteiger partial charge in [0.15, 0.2) is 5.82 Å². The summed E-state index contributed by atoms with van der Waals surface area (Å²) in [6.45, 7) is 11.5. The molecule has 0 bridgehead atoms. The van der Waals surface area contributed by atoms with Crippen molar-refractivity contribution in [2.24, 2.45) is 5.92 Å². The number of ether oxygens (including phenoxy) is 2. The minimum absolute atomic E-state index is 0.0412. The molecule has 0 aromatic rings. The van der Waals surface area contributed by atoms with E-state index in [1.807, 2.05) is 0 Å². The Morgan fingerprint density at radius 3 is 1.47 bits per heavy atom. The van der Waals surface area contributed by atoms with E-state index in [4.69, 9.17) is 9.47 Å². The molecule has 0 aliphatic carbocycles. The fraction of sp³-hybridized carbons (Fsp3) is 0.917. The summed E-state index contributed by atoms with van der Waals surface area (Å²) in [5.41, 5.74) is 0. The summed E-state index contributed by atoms with van der Waals surface area (Å²) in [5, 5.41) is 16.9. The van der Waals surface area contributed by atoms with E-state index in [1.54, 1.807) is 7.05 Å². The van der Waals surface area contributed by atoms with Crippen molar-refractivity contribution >= 4 is 11.9 Å². The number of hydrogen-bond donors (Lipinski definition) is 2. The lowest BCUT2D eigenvalue weighted by Gasteiger charge is -2.22. The third-order valence-corrected chi connectivity index (χ3v) is 11.3. The molecule has 0 aromatic carbocycles. The first kappa shape index (κ1) is 55.6. The Kier molecular flexibility index (Phi) is 42.4. The van der Waals surface area contributed by atoms with Crippen molar-refractivity contribution in [1.82, 2.24) is 15.5 Å². The second-order valence-corrected chi connectivity index (χ2v) is 16.8. The van der Waals surface area contributed by atoms with Crippen molar-refractivity contribution in [3.63, 3.8) is 0 Å². The van der Waals surface area contributed by atoms with Crippen molar-refractivity contribution in [2.75, 3.05) is 46.4 Å². The predicted molar refractivity (Wildman–Crippen MR) is 243 cm³/mol. The Morgan fingerprint density at radius 1 is 0.569 bits per heavy atom. The van der Waals surface area contributed by atoms with Crippen molar-refractivity contribution in [2.45, 2.75) is 233 Å². The molecule has 0 fully saturated rings. The number of nitrogens with zero attached hydrogens (tertiary/aromatic N) is 2. The van der Waals surface area contributed by atoms with Crippen molar-refractivity contribution in [1.29, 1.82) is 0 Å². The van der Waals surface area contributed by atoms with Gasteiger partial charge in [-0.1, -0.05) is 175 Å². The van der Waals surface area contributed by atoms with E-state index in [1.165, 1.54) is 96.3 Å². The third-order valence-electron chi connectivity index (χ3n) is 11.3. The van der Waals surface area contributed by atoms with Crippen LogP contribution in [0.5, 0.6) is 0 Å². The zero-order chi connectivity index (χ0) is 42.6. The normalized spacial score (nSPS) is 11.7. The van der Waals surface area contributed by atoms with Crippen molar-refractivity contribution < 1.29 is 24.0 Å². The van der Waals surface area contributed by atoms with Gasteiger partial charge in [0, 0.05) is 20.0 Å². The smallest absolute Gasteiger partial charge is 0.308 e. The molecule has 0 atom stereocenters. The average Bonchev–Trinajstić information content (AvgIpc) is 3.21. The van der Waals surface area contributed by atoms with Crippen LogP contribution in [-0.2, 0) is 19.1 Å². The van der Waals surface area contributed by atoms with Gasteiger partial charge in [-0.3, -0.25) is 19.7 Å². The predicted octanol–water partition coefficient (Wildman–Crippen LogP) is 12.8. The topological polar surface area (TPSA) is 123 Å². The van der Waals surface area contributed by atoms with Crippen LogP contribution in [0.1, 0.15) is 233 Å². The molecule has 0 aliphatic heterocycles. The molecule has 0 saturated heterocycles. The zero-order valence-corrected chi connectivity index (χ0v) is 38.6. The molecule has 0 unspecified atom stereocenters. The van der Waals surface area contributed by atoms with Crippen LogP contribution >= 0.6 is 0 Å². The Labute approximate surface area is 357 Å². The lowest BCUT2D eigenvalue weighted by atomic mass is 9.94. The first-order valence-corrected chi connectivity index (χ1v) is 24.7. The van der Waals surface area contributed by atoms with Gasteiger partial charge in [-0.05, 0) is 71.0 Å². The van der Waals surface area contributed by atoms with Crippen LogP contribution in [0.3, 0.4) is 0 Å². The van der Waals surface area contributed by atoms with Gasteiger partial charge in [0.1, 0.15) is 0 Å². The number of hydrogen-bond acceptors (Lipinski definition) is 9. The summed E-state index contributed by atoms with van der Waals surface area (Å²) < 4.78 is 11.3. The zero-order valence-electron chi connectivity index (χ0n) is 38.6. The largest absolute Gasteiger partial charge is 0.466 e. The number of carbonyl (C=O) groups is 2. The SMILES string of the molecule is CCCCCCCCCOC(=O)CCCCCCCN(CCCCCCCOC(=O)C(CCCCCCCC)CCCCCCCC)CCCN/C(=C/[N+](=O)[O-])NC. The number of esters is 2. The molecule has 0 rings (SSSR count). The summed E-state index contributed by atoms with van der Waals surface area (Å²) in [6.07, 6.45) is 38.8. The minimum atomic E-state index is -0.444. The number of rotatable bonds is 46. The fourth-order valence-electron chi connectivity index (χ4n) is 7.60. The molecule has 0 amide bonds. The molecule has 0 saturated carbocycles. The maximum atomic E-state index is 13.1. The molecule has 0 radical (unpaired) electrons. The molecule has 58 heavy (non-hydrogen) atoms. The van der Waals surface area contributed by atoms with Gasteiger partial charge in [-0.2, -0.15) is 0 Å². The highest BCUT2D eigenvalue weighted by molar-refractivity contribution is 5.72. The van der Waals surface area contributed by atoms with E-state index < -0.39 is 4.92 Å². The third kappa shape index (κ3) is 39.1. The van der Waals surface area contributed by atoms with Crippen LogP contribution in [0, 0.1) is 16.0 Å². The molecular formula is C48H94N4O6. The molecule has 0 aromatic heterocycles. The maximum absolute atomic E-state index is 13.1. The summed E-state index contributed by atoms with van der Waals surface area (Å²) in [7, 11) is 1.68. The first-order valence-electron chi connectivity index (χ1n) is 24.7. The Balaban J connectivity index is 4.47. The highest BCUT2D eigenvalue weighted by Crippen LogP contribution is 2.21. The molecule has 0 spiro atoms. The lowest BCUT2D eigenvalue weighted by molar-refractivity contribution is -0.404. The molecule has 342 valence electrons. The van der Waals surface area contributed by atoms with Gasteiger partial charge in [0.05, 0.1) is 24.1 Å². The summed E-state index contributed by atoms with van der Waals surface area (Å²) in [4.78, 5) is 38.2. The Bertz CT molecular complexity index is 948. The second-order valence-electron chi connectivity index (χ2n) is 16.8. The number of nitro groups is 1. The summed E-state index contributed by atoms with van der Waals surface area (Å²) in [6, 6.07) is 0. The van der Waals surface area contributed by atoms with Crippen LogP contribution < -0.4 is 10.6 Å². The van der Waals surface area contributed by atoms with Gasteiger partial charge in [0.2, 0.25) is 0 Å². The Hall–Kier alpha value is -2.36. The summed E-state index contributed by atoms with van der Waals surface area (Å²) in [5.74, 6) is 0.489. The van der Waals surface area contributed by atoms with E-state index in [0.717, 1.165) is 135 Å². The Morgan fingerprint density at radius 2 is 0.983 bits per heavy atom. The lowest BCUT2D eigenvalue weighted by Crippen LogP contribution is -2.31. The van der Waals surface area contributed by atoms with Crippen LogP contribution in [0.25, 0.3) is 0 Å². The molecule has 0 heterocycles. The van der Waals surface area contributed by atoms with Gasteiger partial charge in [-0.15, -0.1) is 0 Å². The van der Waals surface area contributed by atoms with E-state index in [9.17, 15) is 19.7 Å². The van der Waals surface area contributed by atoms with Gasteiger partial charge in [0.25, 0.3) is 6.20 Å². The number of carbonyl (C=O) groups excluding carboxylic acids is 2. The van der Waals surface area contributed by atoms with Crippen LogP contribution in [0.15, 0.2) is 12.0 Å². The maximum Gasteiger partial charge on any atom is 0.308 e. The van der Waals surface area contributed by atoms with E-state index in [-0.39, 0.29) is 17.9 Å². The quantitative estimate of drug-likeness (QED) is 0.0267. The van der Waals surface area contributed by atoms with Gasteiger partial charge < -0.3 is 25.0 Å². The van der Waals surface area contributed by atoms with Crippen molar-refractivity contribution in [3.8, 4) is 0 Å². The van der Waals surface area contributed by atoms with Crippen LogP contribution in [0.4, 0.5) is 0 Å². The average molecular weight is 823 g/mol. The first-order chi connectivity index (χ1) is 28.4. The molecule has 2 N–H and O–H groups in total. The van der Waals surface area contributed by atoms with Crippen LogP contribution in [-0.4, -0.2) is 68.2 Å². The molecule has 10 heteroatoms. The highest BCUT2D eigenvalue weighted by atomic mass is 16.6. The second kappa shape index (κ2) is 44.2. The van der Waals surface area contributed by atoms with E-state index in [2.05, 4.69) is 36.3 Å².